The Labute approximate surface area is 170 Å². The van der Waals surface area contributed by atoms with Crippen LogP contribution in [0.1, 0.15) is 49.9 Å². The number of carbonyl (C=O) groups is 2. The summed E-state index contributed by atoms with van der Waals surface area (Å²) in [6.07, 6.45) is 4.62. The van der Waals surface area contributed by atoms with Gasteiger partial charge in [-0.3, -0.25) is 9.59 Å². The van der Waals surface area contributed by atoms with Gasteiger partial charge in [-0.05, 0) is 39.5 Å². The summed E-state index contributed by atoms with van der Waals surface area (Å²) >= 11 is 0. The predicted octanol–water partition coefficient (Wildman–Crippen LogP) is 2.73. The monoisotopic (exact) mass is 393 g/mol. The number of rotatable bonds is 3. The molecule has 7 nitrogen and oxygen atoms in total. The van der Waals surface area contributed by atoms with Gasteiger partial charge in [0.1, 0.15) is 5.54 Å². The molecule has 2 aliphatic rings. The fourth-order valence-electron chi connectivity index (χ4n) is 4.68. The van der Waals surface area contributed by atoms with E-state index in [9.17, 15) is 9.59 Å². The average molecular weight is 393 g/mol. The Kier molecular flexibility index (Phi) is 4.98. The molecule has 0 aliphatic carbocycles. The number of hydrogen-bond acceptors (Lipinski definition) is 5. The largest absolute Gasteiger partial charge is 0.368 e. The molecule has 1 atom stereocenters. The van der Waals surface area contributed by atoms with Crippen molar-refractivity contribution in [3.8, 4) is 11.3 Å². The van der Waals surface area contributed by atoms with E-state index in [2.05, 4.69) is 9.97 Å². The molecule has 152 valence electrons. The smallest absolute Gasteiger partial charge is 0.258 e. The van der Waals surface area contributed by atoms with Crippen LogP contribution < -0.4 is 5.73 Å². The van der Waals surface area contributed by atoms with Crippen LogP contribution in [-0.4, -0.2) is 56.3 Å². The van der Waals surface area contributed by atoms with Crippen LogP contribution in [0.25, 0.3) is 11.3 Å². The number of amides is 2. The summed E-state index contributed by atoms with van der Waals surface area (Å²) in [4.78, 5) is 39.2. The SMILES string of the molecule is CC(C)N1CCCC2(CCCN2C(=O)c2cnc(N)nc2-c2ccccc2)C1=O. The van der Waals surface area contributed by atoms with Gasteiger partial charge >= 0.3 is 0 Å². The summed E-state index contributed by atoms with van der Waals surface area (Å²) in [6.45, 7) is 5.37. The van der Waals surface area contributed by atoms with E-state index in [1.165, 1.54) is 6.20 Å². The highest BCUT2D eigenvalue weighted by atomic mass is 16.2. The van der Waals surface area contributed by atoms with Gasteiger partial charge in [-0.25, -0.2) is 9.97 Å². The molecule has 1 aromatic carbocycles. The lowest BCUT2D eigenvalue weighted by Crippen LogP contribution is -2.62. The molecule has 2 aliphatic heterocycles. The van der Waals surface area contributed by atoms with Crippen LogP contribution in [0, 0.1) is 0 Å². The first-order chi connectivity index (χ1) is 13.9. The molecule has 2 N–H and O–H groups in total. The van der Waals surface area contributed by atoms with Gasteiger partial charge in [-0.1, -0.05) is 30.3 Å². The zero-order valence-corrected chi connectivity index (χ0v) is 17.0. The molecule has 2 amide bonds. The molecule has 0 radical (unpaired) electrons. The third-order valence-corrected chi connectivity index (χ3v) is 6.09. The van der Waals surface area contributed by atoms with Crippen molar-refractivity contribution in [3.63, 3.8) is 0 Å². The van der Waals surface area contributed by atoms with E-state index in [1.807, 2.05) is 49.1 Å². The fourth-order valence-corrected chi connectivity index (χ4v) is 4.68. The molecule has 4 rings (SSSR count). The van der Waals surface area contributed by atoms with Crippen LogP contribution in [0.5, 0.6) is 0 Å². The molecule has 29 heavy (non-hydrogen) atoms. The first kappa shape index (κ1) is 19.4. The van der Waals surface area contributed by atoms with Crippen molar-refractivity contribution in [3.05, 3.63) is 42.1 Å². The standard InChI is InChI=1S/C22H27N5O2/c1-15(2)26-12-6-10-22(20(26)29)11-7-13-27(22)19(28)17-14-24-21(23)25-18(17)16-8-4-3-5-9-16/h3-5,8-9,14-15H,6-7,10-13H2,1-2H3,(H2,23,24,25). The quantitative estimate of drug-likeness (QED) is 0.866. The lowest BCUT2D eigenvalue weighted by atomic mass is 9.84. The lowest BCUT2D eigenvalue weighted by molar-refractivity contribution is -0.147. The van der Waals surface area contributed by atoms with E-state index >= 15 is 0 Å². The summed E-state index contributed by atoms with van der Waals surface area (Å²) in [5, 5.41) is 0. The Bertz CT molecular complexity index is 930. The van der Waals surface area contributed by atoms with E-state index in [0.717, 1.165) is 24.9 Å². The number of hydrogen-bond donors (Lipinski definition) is 1. The van der Waals surface area contributed by atoms with Gasteiger partial charge in [0.15, 0.2) is 0 Å². The highest BCUT2D eigenvalue weighted by molar-refractivity contribution is 6.03. The van der Waals surface area contributed by atoms with Gasteiger partial charge in [0, 0.05) is 30.9 Å². The summed E-state index contributed by atoms with van der Waals surface area (Å²) in [5.41, 5.74) is 6.77. The van der Waals surface area contributed by atoms with Gasteiger partial charge < -0.3 is 15.5 Å². The molecule has 2 aromatic rings. The van der Waals surface area contributed by atoms with E-state index in [4.69, 9.17) is 5.73 Å². The Hall–Kier alpha value is -2.96. The normalized spacial score (nSPS) is 22.0. The minimum atomic E-state index is -0.755. The third kappa shape index (κ3) is 3.24. The van der Waals surface area contributed by atoms with Gasteiger partial charge in [-0.2, -0.15) is 0 Å². The number of piperidine rings is 1. The maximum atomic E-state index is 13.7. The minimum Gasteiger partial charge on any atom is -0.368 e. The maximum absolute atomic E-state index is 13.7. The summed E-state index contributed by atoms with van der Waals surface area (Å²) in [5.74, 6) is -0.00111. The molecular weight excluding hydrogens is 366 g/mol. The third-order valence-electron chi connectivity index (χ3n) is 6.09. The van der Waals surface area contributed by atoms with Crippen molar-refractivity contribution in [2.45, 2.75) is 51.1 Å². The Balaban J connectivity index is 1.74. The van der Waals surface area contributed by atoms with Crippen LogP contribution in [0.2, 0.25) is 0 Å². The van der Waals surface area contributed by atoms with Gasteiger partial charge in [0.25, 0.3) is 5.91 Å². The van der Waals surface area contributed by atoms with E-state index in [1.54, 1.807) is 4.90 Å². The molecule has 7 heteroatoms. The number of benzene rings is 1. The summed E-state index contributed by atoms with van der Waals surface area (Å²) in [7, 11) is 0. The highest BCUT2D eigenvalue weighted by Gasteiger charge is 2.53. The van der Waals surface area contributed by atoms with E-state index < -0.39 is 5.54 Å². The molecule has 1 unspecified atom stereocenters. The fraction of sp³-hybridized carbons (Fsp3) is 0.455. The number of anilines is 1. The Morgan fingerprint density at radius 1 is 1.14 bits per heavy atom. The van der Waals surface area contributed by atoms with Crippen molar-refractivity contribution < 1.29 is 9.59 Å². The number of nitrogen functional groups attached to an aromatic ring is 1. The Morgan fingerprint density at radius 2 is 1.83 bits per heavy atom. The minimum absolute atomic E-state index is 0.0715. The van der Waals surface area contributed by atoms with Crippen molar-refractivity contribution in [1.82, 2.24) is 19.8 Å². The van der Waals surface area contributed by atoms with Crippen LogP contribution >= 0.6 is 0 Å². The lowest BCUT2D eigenvalue weighted by Gasteiger charge is -2.46. The zero-order valence-electron chi connectivity index (χ0n) is 17.0. The number of likely N-dealkylation sites (tertiary alicyclic amines) is 2. The van der Waals surface area contributed by atoms with Crippen molar-refractivity contribution in [2.75, 3.05) is 18.8 Å². The topological polar surface area (TPSA) is 92.4 Å². The van der Waals surface area contributed by atoms with Gasteiger partial charge in [0.05, 0.1) is 11.3 Å². The van der Waals surface area contributed by atoms with Crippen LogP contribution in [0.4, 0.5) is 5.95 Å². The second-order valence-electron chi connectivity index (χ2n) is 8.14. The van der Waals surface area contributed by atoms with Crippen molar-refractivity contribution >= 4 is 17.8 Å². The predicted molar refractivity (Wildman–Crippen MR) is 111 cm³/mol. The van der Waals surface area contributed by atoms with Crippen LogP contribution in [-0.2, 0) is 4.79 Å². The number of aromatic nitrogens is 2. The maximum Gasteiger partial charge on any atom is 0.258 e. The molecule has 0 bridgehead atoms. The molecule has 1 aromatic heterocycles. The van der Waals surface area contributed by atoms with E-state index in [-0.39, 0.29) is 23.8 Å². The van der Waals surface area contributed by atoms with Crippen molar-refractivity contribution in [2.24, 2.45) is 0 Å². The number of nitrogens with zero attached hydrogens (tertiary/aromatic N) is 4. The molecule has 1 spiro atoms. The van der Waals surface area contributed by atoms with Crippen molar-refractivity contribution in [1.29, 1.82) is 0 Å². The Morgan fingerprint density at radius 3 is 2.52 bits per heavy atom. The molecule has 2 saturated heterocycles. The van der Waals surface area contributed by atoms with Crippen LogP contribution in [0.3, 0.4) is 0 Å². The molecule has 2 fully saturated rings. The zero-order chi connectivity index (χ0) is 20.6. The summed E-state index contributed by atoms with van der Waals surface area (Å²) < 4.78 is 0. The second-order valence-corrected chi connectivity index (χ2v) is 8.14. The van der Waals surface area contributed by atoms with Gasteiger partial charge in [-0.15, -0.1) is 0 Å². The number of nitrogens with two attached hydrogens (primary N) is 1. The average Bonchev–Trinajstić information content (AvgIpc) is 3.14. The van der Waals surface area contributed by atoms with Crippen LogP contribution in [0.15, 0.2) is 36.5 Å². The molecular formula is C22H27N5O2. The highest BCUT2D eigenvalue weighted by Crippen LogP contribution is 2.40. The first-order valence-corrected chi connectivity index (χ1v) is 10.2. The molecule has 0 saturated carbocycles. The summed E-state index contributed by atoms with van der Waals surface area (Å²) in [6, 6.07) is 9.60. The van der Waals surface area contributed by atoms with Gasteiger partial charge in [0.2, 0.25) is 11.9 Å². The second kappa shape index (κ2) is 7.46. The number of carbonyl (C=O) groups excluding carboxylic acids is 2. The van der Waals surface area contributed by atoms with E-state index in [0.29, 0.717) is 30.6 Å². The first-order valence-electron chi connectivity index (χ1n) is 10.2. The molecule has 3 heterocycles.